The lowest BCUT2D eigenvalue weighted by Gasteiger charge is -2.08. The molecule has 1 aliphatic rings. The highest BCUT2D eigenvalue weighted by molar-refractivity contribution is 8.00. The van der Waals surface area contributed by atoms with Gasteiger partial charge in [0.05, 0.1) is 10.9 Å². The van der Waals surface area contributed by atoms with Gasteiger partial charge in [-0.25, -0.2) is 9.67 Å². The molecule has 1 amide bonds. The molecule has 0 saturated heterocycles. The minimum atomic E-state index is -0.242. The molecule has 1 N–H and O–H groups in total. The van der Waals surface area contributed by atoms with Crippen LogP contribution in [0.15, 0.2) is 48.1 Å². The Bertz CT molecular complexity index is 694. The molecule has 1 unspecified atom stereocenters. The Morgan fingerprint density at radius 1 is 1.48 bits per heavy atom. The molecule has 120 valence electrons. The number of hydrogen-bond acceptors (Lipinski definition) is 4. The predicted octanol–water partition coefficient (Wildman–Crippen LogP) is 2.93. The van der Waals surface area contributed by atoms with Gasteiger partial charge in [0.1, 0.15) is 5.82 Å². The fraction of sp³-hybridized carbons (Fsp3) is 0.353. The number of nitrogens with zero attached hydrogens (tertiary/aromatic N) is 3. The second-order valence-corrected chi connectivity index (χ2v) is 6.88. The molecule has 1 saturated carbocycles. The van der Waals surface area contributed by atoms with E-state index in [1.54, 1.807) is 6.08 Å². The second kappa shape index (κ2) is 7.00. The number of rotatable bonds is 7. The highest BCUT2D eigenvalue weighted by atomic mass is 32.2. The largest absolute Gasteiger partial charge is 0.352 e. The fourth-order valence-electron chi connectivity index (χ4n) is 2.25. The summed E-state index contributed by atoms with van der Waals surface area (Å²) in [4.78, 5) is 16.6. The van der Waals surface area contributed by atoms with Gasteiger partial charge in [-0.3, -0.25) is 4.79 Å². The first-order valence-corrected chi connectivity index (χ1v) is 8.64. The van der Waals surface area contributed by atoms with E-state index in [1.165, 1.54) is 11.8 Å². The van der Waals surface area contributed by atoms with Crippen LogP contribution in [0.2, 0.25) is 0 Å². The molecule has 0 aliphatic heterocycles. The van der Waals surface area contributed by atoms with Crippen LogP contribution >= 0.6 is 11.8 Å². The SMILES string of the molecule is C=CCNC(=O)C(C)Sc1nc(C2CC2)n(-c2ccccc2)n1. The molecule has 1 aromatic carbocycles. The zero-order chi connectivity index (χ0) is 16.2. The van der Waals surface area contributed by atoms with E-state index in [1.807, 2.05) is 41.9 Å². The van der Waals surface area contributed by atoms with E-state index >= 15 is 0 Å². The van der Waals surface area contributed by atoms with Gasteiger partial charge < -0.3 is 5.32 Å². The van der Waals surface area contributed by atoms with Crippen molar-refractivity contribution in [1.82, 2.24) is 20.1 Å². The third-order valence-electron chi connectivity index (χ3n) is 3.63. The van der Waals surface area contributed by atoms with E-state index in [0.29, 0.717) is 17.6 Å². The Balaban J connectivity index is 1.78. The molecule has 0 spiro atoms. The summed E-state index contributed by atoms with van der Waals surface area (Å²) in [5.74, 6) is 1.46. The molecule has 1 aliphatic carbocycles. The Morgan fingerprint density at radius 3 is 2.87 bits per heavy atom. The van der Waals surface area contributed by atoms with Crippen molar-refractivity contribution >= 4 is 17.7 Å². The Kier molecular flexibility index (Phi) is 4.81. The average molecular weight is 328 g/mol. The topological polar surface area (TPSA) is 59.8 Å². The normalized spacial score (nSPS) is 15.2. The van der Waals surface area contributed by atoms with Crippen molar-refractivity contribution in [3.8, 4) is 5.69 Å². The van der Waals surface area contributed by atoms with E-state index < -0.39 is 0 Å². The molecule has 23 heavy (non-hydrogen) atoms. The molecule has 2 aromatic rings. The Morgan fingerprint density at radius 2 is 2.22 bits per heavy atom. The van der Waals surface area contributed by atoms with E-state index in [2.05, 4.69) is 22.0 Å². The van der Waals surface area contributed by atoms with Gasteiger partial charge in [-0.1, -0.05) is 36.0 Å². The van der Waals surface area contributed by atoms with Gasteiger partial charge in [0.15, 0.2) is 0 Å². The quantitative estimate of drug-likeness (QED) is 0.627. The van der Waals surface area contributed by atoms with Gasteiger partial charge in [0.2, 0.25) is 11.1 Å². The summed E-state index contributed by atoms with van der Waals surface area (Å²) in [5.41, 5.74) is 1.01. The van der Waals surface area contributed by atoms with Gasteiger partial charge in [-0.05, 0) is 31.9 Å². The van der Waals surface area contributed by atoms with Crippen molar-refractivity contribution in [2.24, 2.45) is 0 Å². The summed E-state index contributed by atoms with van der Waals surface area (Å²) >= 11 is 1.39. The summed E-state index contributed by atoms with van der Waals surface area (Å²) in [6.07, 6.45) is 3.98. The van der Waals surface area contributed by atoms with Gasteiger partial charge in [-0.15, -0.1) is 11.7 Å². The van der Waals surface area contributed by atoms with Gasteiger partial charge in [0, 0.05) is 12.5 Å². The predicted molar refractivity (Wildman–Crippen MR) is 91.9 cm³/mol. The van der Waals surface area contributed by atoms with Gasteiger partial charge >= 0.3 is 0 Å². The maximum atomic E-state index is 12.0. The molecule has 3 rings (SSSR count). The summed E-state index contributed by atoms with van der Waals surface area (Å²) < 4.78 is 1.91. The highest BCUT2D eigenvalue weighted by Crippen LogP contribution is 2.40. The first-order chi connectivity index (χ1) is 11.2. The maximum Gasteiger partial charge on any atom is 0.233 e. The van der Waals surface area contributed by atoms with Crippen LogP contribution in [0.25, 0.3) is 5.69 Å². The molecule has 0 radical (unpaired) electrons. The van der Waals surface area contributed by atoms with Crippen molar-refractivity contribution < 1.29 is 4.79 Å². The van der Waals surface area contributed by atoms with Gasteiger partial charge in [-0.2, -0.15) is 0 Å². The van der Waals surface area contributed by atoms with Crippen LogP contribution in [-0.4, -0.2) is 32.5 Å². The zero-order valence-corrected chi connectivity index (χ0v) is 13.9. The molecule has 1 aromatic heterocycles. The third-order valence-corrected chi connectivity index (χ3v) is 4.58. The molecular weight excluding hydrogens is 308 g/mol. The zero-order valence-electron chi connectivity index (χ0n) is 13.1. The summed E-state index contributed by atoms with van der Waals surface area (Å²) in [6.45, 7) is 5.94. The molecule has 0 bridgehead atoms. The summed E-state index contributed by atoms with van der Waals surface area (Å²) in [7, 11) is 0. The van der Waals surface area contributed by atoms with Crippen LogP contribution in [0.3, 0.4) is 0 Å². The third kappa shape index (κ3) is 3.82. The molecule has 1 atom stereocenters. The number of para-hydroxylation sites is 1. The molecule has 1 heterocycles. The van der Waals surface area contributed by atoms with E-state index in [-0.39, 0.29) is 11.2 Å². The number of hydrogen-bond donors (Lipinski definition) is 1. The van der Waals surface area contributed by atoms with E-state index in [0.717, 1.165) is 24.4 Å². The second-order valence-electron chi connectivity index (χ2n) is 5.57. The summed E-state index contributed by atoms with van der Waals surface area (Å²) in [6, 6.07) is 10.0. The van der Waals surface area contributed by atoms with E-state index in [9.17, 15) is 4.79 Å². The van der Waals surface area contributed by atoms with Crippen LogP contribution in [0, 0.1) is 0 Å². The minimum Gasteiger partial charge on any atom is -0.352 e. The molecule has 5 nitrogen and oxygen atoms in total. The Labute approximate surface area is 140 Å². The monoisotopic (exact) mass is 328 g/mol. The first-order valence-electron chi connectivity index (χ1n) is 7.76. The lowest BCUT2D eigenvalue weighted by Crippen LogP contribution is -2.30. The van der Waals surface area contributed by atoms with Crippen LogP contribution in [0.4, 0.5) is 0 Å². The number of nitrogens with one attached hydrogen (secondary N) is 1. The van der Waals surface area contributed by atoms with Crippen molar-refractivity contribution in [2.75, 3.05) is 6.54 Å². The van der Waals surface area contributed by atoms with Crippen LogP contribution in [0.5, 0.6) is 0 Å². The number of aromatic nitrogens is 3. The van der Waals surface area contributed by atoms with Crippen molar-refractivity contribution in [2.45, 2.75) is 36.1 Å². The lowest BCUT2D eigenvalue weighted by molar-refractivity contribution is -0.120. The molecule has 6 heteroatoms. The molecule has 1 fully saturated rings. The number of benzene rings is 1. The number of thioether (sulfide) groups is 1. The fourth-order valence-corrected chi connectivity index (χ4v) is 3.03. The smallest absolute Gasteiger partial charge is 0.233 e. The number of amides is 1. The highest BCUT2D eigenvalue weighted by Gasteiger charge is 2.31. The Hall–Kier alpha value is -2.08. The van der Waals surface area contributed by atoms with Crippen molar-refractivity contribution in [3.63, 3.8) is 0 Å². The maximum absolute atomic E-state index is 12.0. The number of carbonyl (C=O) groups is 1. The molecular formula is C17H20N4OS. The van der Waals surface area contributed by atoms with Crippen LogP contribution in [0.1, 0.15) is 31.5 Å². The van der Waals surface area contributed by atoms with Gasteiger partial charge in [0.25, 0.3) is 0 Å². The summed E-state index contributed by atoms with van der Waals surface area (Å²) in [5, 5.41) is 7.82. The van der Waals surface area contributed by atoms with Crippen LogP contribution in [-0.2, 0) is 4.79 Å². The number of carbonyl (C=O) groups excluding carboxylic acids is 1. The van der Waals surface area contributed by atoms with Crippen LogP contribution < -0.4 is 5.32 Å². The van der Waals surface area contributed by atoms with E-state index in [4.69, 9.17) is 0 Å². The minimum absolute atomic E-state index is 0.0288. The van der Waals surface area contributed by atoms with Crippen molar-refractivity contribution in [1.29, 1.82) is 0 Å². The average Bonchev–Trinajstić information content (AvgIpc) is 3.34. The standard InChI is InChI=1S/C17H20N4OS/c1-3-11-18-16(22)12(2)23-17-19-15(13-9-10-13)21(20-17)14-7-5-4-6-8-14/h3-8,12-13H,1,9-11H2,2H3,(H,18,22). The van der Waals surface area contributed by atoms with Crippen molar-refractivity contribution in [3.05, 3.63) is 48.8 Å². The lowest BCUT2D eigenvalue weighted by atomic mass is 10.3. The first kappa shape index (κ1) is 15.8.